The van der Waals surface area contributed by atoms with Gasteiger partial charge in [0.15, 0.2) is 0 Å². The van der Waals surface area contributed by atoms with Crippen molar-refractivity contribution >= 4 is 35.4 Å². The second-order valence-corrected chi connectivity index (χ2v) is 11.7. The lowest BCUT2D eigenvalue weighted by Gasteiger charge is -2.40. The van der Waals surface area contributed by atoms with E-state index in [4.69, 9.17) is 11.6 Å². The number of anilines is 1. The minimum absolute atomic E-state index is 0.164. The van der Waals surface area contributed by atoms with Gasteiger partial charge >= 0.3 is 6.18 Å². The van der Waals surface area contributed by atoms with Gasteiger partial charge in [0.1, 0.15) is 11.0 Å². The molecule has 1 unspecified atom stereocenters. The normalized spacial score (nSPS) is 18.8. The summed E-state index contributed by atoms with van der Waals surface area (Å²) >= 11 is 6.29. The van der Waals surface area contributed by atoms with Crippen LogP contribution in [0.25, 0.3) is 0 Å². The predicted molar refractivity (Wildman–Crippen MR) is 156 cm³/mol. The van der Waals surface area contributed by atoms with E-state index in [1.54, 1.807) is 26.2 Å². The number of nitrogens with zero attached hydrogens (tertiary/aromatic N) is 5. The summed E-state index contributed by atoms with van der Waals surface area (Å²) in [7, 11) is 4.81. The highest BCUT2D eigenvalue weighted by molar-refractivity contribution is 6.32. The molecule has 2 amide bonds. The molecule has 12 heteroatoms. The number of hydrogen-bond acceptors (Lipinski definition) is 6. The van der Waals surface area contributed by atoms with Crippen LogP contribution in [0.1, 0.15) is 53.6 Å². The Bertz CT molecular complexity index is 1310. The first-order valence-electron chi connectivity index (χ1n) is 14.1. The number of likely N-dealkylation sites (tertiary alicyclic amines) is 1. The quantitative estimate of drug-likeness (QED) is 0.362. The highest BCUT2D eigenvalue weighted by atomic mass is 35.5. The number of carbonyl (C=O) groups is 2. The van der Waals surface area contributed by atoms with Crippen LogP contribution in [-0.2, 0) is 10.4 Å². The van der Waals surface area contributed by atoms with Crippen LogP contribution in [0.2, 0.25) is 5.15 Å². The molecule has 2 aromatic rings. The number of carbonyl (C=O) groups excluding carboxylic acids is 2. The van der Waals surface area contributed by atoms with Crippen LogP contribution in [0.3, 0.4) is 0 Å². The molecule has 4 rings (SSSR count). The minimum atomic E-state index is -5.18. The maximum absolute atomic E-state index is 14.2. The zero-order valence-corrected chi connectivity index (χ0v) is 24.8. The Labute approximate surface area is 249 Å². The number of alkyl halides is 3. The third-order valence-electron chi connectivity index (χ3n) is 8.28. The van der Waals surface area contributed by atoms with Gasteiger partial charge in [0.25, 0.3) is 17.4 Å². The predicted octanol–water partition coefficient (Wildman–Crippen LogP) is 4.78. The van der Waals surface area contributed by atoms with Gasteiger partial charge in [-0.2, -0.15) is 13.2 Å². The lowest BCUT2D eigenvalue weighted by molar-refractivity contribution is -0.262. The first kappa shape index (κ1) is 31.7. The van der Waals surface area contributed by atoms with Gasteiger partial charge < -0.3 is 19.8 Å². The topological polar surface area (TPSA) is 89.3 Å². The summed E-state index contributed by atoms with van der Waals surface area (Å²) in [4.78, 5) is 38.4. The van der Waals surface area contributed by atoms with Gasteiger partial charge in [-0.15, -0.1) is 0 Å². The molecule has 2 fully saturated rings. The van der Waals surface area contributed by atoms with Crippen molar-refractivity contribution in [2.75, 3.05) is 52.2 Å². The van der Waals surface area contributed by atoms with Crippen molar-refractivity contribution in [3.63, 3.8) is 0 Å². The lowest BCUT2D eigenvalue weighted by atomic mass is 9.82. The van der Waals surface area contributed by atoms with Crippen molar-refractivity contribution in [3.8, 4) is 0 Å². The van der Waals surface area contributed by atoms with Gasteiger partial charge in [-0.05, 0) is 67.7 Å². The number of halogens is 4. The molecule has 1 atom stereocenters. The summed E-state index contributed by atoms with van der Waals surface area (Å²) in [6, 6.07) is 8.72. The van der Waals surface area contributed by atoms with Gasteiger partial charge in [0, 0.05) is 59.1 Å². The molecule has 0 aliphatic carbocycles. The Morgan fingerprint density at radius 1 is 1.07 bits per heavy atom. The average Bonchev–Trinajstić information content (AvgIpc) is 2.96. The van der Waals surface area contributed by atoms with Crippen molar-refractivity contribution in [2.24, 2.45) is 16.8 Å². The summed E-state index contributed by atoms with van der Waals surface area (Å²) in [6.45, 7) is 1.90. The van der Waals surface area contributed by atoms with Crippen molar-refractivity contribution in [1.29, 1.82) is 0 Å². The smallest absolute Gasteiger partial charge is 0.369 e. The van der Waals surface area contributed by atoms with Gasteiger partial charge in [0.2, 0.25) is 0 Å². The Kier molecular flexibility index (Phi) is 9.82. The largest absolute Gasteiger partial charge is 0.430 e. The van der Waals surface area contributed by atoms with E-state index in [0.717, 1.165) is 55.2 Å². The molecule has 8 nitrogen and oxygen atoms in total. The number of aliphatic hydroxyl groups is 1. The molecule has 2 aliphatic rings. The Balaban J connectivity index is 1.32. The lowest BCUT2D eigenvalue weighted by Crippen LogP contribution is -2.57. The van der Waals surface area contributed by atoms with Gasteiger partial charge in [-0.3, -0.25) is 14.6 Å². The molecule has 228 valence electrons. The molecule has 2 aliphatic heterocycles. The van der Waals surface area contributed by atoms with Crippen LogP contribution in [0.15, 0.2) is 41.4 Å². The van der Waals surface area contributed by atoms with Crippen LogP contribution < -0.4 is 4.90 Å². The van der Waals surface area contributed by atoms with Gasteiger partial charge in [0.05, 0.1) is 5.56 Å². The number of aliphatic imine (C=N–C) groups is 1. The van der Waals surface area contributed by atoms with E-state index in [9.17, 15) is 27.9 Å². The monoisotopic (exact) mass is 607 g/mol. The minimum Gasteiger partial charge on any atom is -0.369 e. The highest BCUT2D eigenvalue weighted by Gasteiger charge is 2.62. The van der Waals surface area contributed by atoms with E-state index < -0.39 is 23.2 Å². The molecule has 0 saturated carbocycles. The molecule has 0 spiro atoms. The van der Waals surface area contributed by atoms with E-state index in [1.165, 1.54) is 24.2 Å². The SMILES string of the molecule is CN=Cc1cccc(C(O)(C(=O)N2CCC(CC3CCN(c4ccc(C(=O)N(C)C)c(Cl)n4)CC3)CC2)C(F)(F)F)c1. The van der Waals surface area contributed by atoms with E-state index in [0.29, 0.717) is 29.9 Å². The van der Waals surface area contributed by atoms with Crippen LogP contribution >= 0.6 is 11.6 Å². The first-order chi connectivity index (χ1) is 19.8. The fraction of sp³-hybridized carbons (Fsp3) is 0.533. The van der Waals surface area contributed by atoms with Crippen molar-refractivity contribution in [2.45, 2.75) is 43.9 Å². The fourth-order valence-electron chi connectivity index (χ4n) is 5.87. The molecular formula is C30H37ClF3N5O3. The van der Waals surface area contributed by atoms with Gasteiger partial charge in [-0.25, -0.2) is 4.98 Å². The Hall–Kier alpha value is -3.18. The number of hydrogen-bond donors (Lipinski definition) is 1. The zero-order valence-electron chi connectivity index (χ0n) is 24.1. The third-order valence-corrected chi connectivity index (χ3v) is 8.57. The Morgan fingerprint density at radius 2 is 1.69 bits per heavy atom. The number of rotatable bonds is 7. The van der Waals surface area contributed by atoms with Gasteiger partial charge in [-0.1, -0.05) is 29.8 Å². The molecule has 2 saturated heterocycles. The molecule has 0 bridgehead atoms. The van der Waals surface area contributed by atoms with Crippen molar-refractivity contribution in [1.82, 2.24) is 14.8 Å². The second kappa shape index (κ2) is 13.0. The molecule has 1 aromatic carbocycles. The number of amides is 2. The zero-order chi connectivity index (χ0) is 30.7. The first-order valence-corrected chi connectivity index (χ1v) is 14.5. The summed E-state index contributed by atoms with van der Waals surface area (Å²) in [5, 5.41) is 11.0. The summed E-state index contributed by atoms with van der Waals surface area (Å²) in [5.74, 6) is -0.0713. The number of benzene rings is 1. The van der Waals surface area contributed by atoms with E-state index in [1.807, 2.05) is 6.07 Å². The summed E-state index contributed by atoms with van der Waals surface area (Å²) < 4.78 is 42.6. The molecule has 3 heterocycles. The third kappa shape index (κ3) is 6.72. The molecule has 1 aromatic heterocycles. The molecular weight excluding hydrogens is 571 g/mol. The summed E-state index contributed by atoms with van der Waals surface area (Å²) in [5.41, 5.74) is -3.41. The number of pyridine rings is 1. The van der Waals surface area contributed by atoms with Crippen LogP contribution in [0.5, 0.6) is 0 Å². The highest BCUT2D eigenvalue weighted by Crippen LogP contribution is 2.42. The maximum atomic E-state index is 14.2. The van der Waals surface area contributed by atoms with E-state index in [-0.39, 0.29) is 30.1 Å². The molecule has 42 heavy (non-hydrogen) atoms. The standard InChI is InChI=1S/C30H37ClF3N5O3/c1-35-19-22-5-4-6-23(18-22)29(42,30(32,33)34)28(41)39-15-11-21(12-16-39)17-20-9-13-38(14-10-20)25-8-7-24(26(31)36-25)27(40)37(2)3/h4-8,18-21,42H,9-17H2,1-3H3. The van der Waals surface area contributed by atoms with Crippen molar-refractivity contribution in [3.05, 3.63) is 58.2 Å². The maximum Gasteiger partial charge on any atom is 0.430 e. The second-order valence-electron chi connectivity index (χ2n) is 11.3. The fourth-order valence-corrected chi connectivity index (χ4v) is 6.10. The van der Waals surface area contributed by atoms with E-state index in [2.05, 4.69) is 14.9 Å². The number of aromatic nitrogens is 1. The molecule has 1 N–H and O–H groups in total. The number of piperidine rings is 2. The summed E-state index contributed by atoms with van der Waals surface area (Å²) in [6.07, 6.45) is 0.156. The van der Waals surface area contributed by atoms with Crippen LogP contribution in [-0.4, -0.2) is 91.4 Å². The molecule has 0 radical (unpaired) electrons. The van der Waals surface area contributed by atoms with Crippen LogP contribution in [0, 0.1) is 11.8 Å². The van der Waals surface area contributed by atoms with Crippen LogP contribution in [0.4, 0.5) is 19.0 Å². The Morgan fingerprint density at radius 3 is 2.24 bits per heavy atom. The van der Waals surface area contributed by atoms with E-state index >= 15 is 0 Å². The van der Waals surface area contributed by atoms with Crippen molar-refractivity contribution < 1.29 is 27.9 Å². The average molecular weight is 608 g/mol.